The van der Waals surface area contributed by atoms with Gasteiger partial charge in [-0.15, -0.1) is 0 Å². The van der Waals surface area contributed by atoms with Gasteiger partial charge in [0.2, 0.25) is 0 Å². The monoisotopic (exact) mass is 459 g/mol. The van der Waals surface area contributed by atoms with Crippen molar-refractivity contribution >= 4 is 27.6 Å². The topological polar surface area (TPSA) is 41.7 Å². The second kappa shape index (κ2) is 8.91. The number of anilines is 1. The van der Waals surface area contributed by atoms with E-state index in [1.54, 1.807) is 25.4 Å². The number of furan rings is 1. The van der Waals surface area contributed by atoms with E-state index in [-0.39, 0.29) is 5.82 Å². The molecule has 0 N–H and O–H groups in total. The Labute approximate surface area is 199 Å². The number of para-hydroxylation sites is 1. The molecule has 2 aromatic carbocycles. The molecule has 34 heavy (non-hydrogen) atoms. The van der Waals surface area contributed by atoms with Crippen LogP contribution in [0.25, 0.3) is 21.9 Å². The van der Waals surface area contributed by atoms with Crippen molar-refractivity contribution in [2.45, 2.75) is 37.6 Å². The molecule has 6 heteroatoms. The minimum atomic E-state index is -0.203. The largest absolute Gasteiger partial charge is 0.493 e. The van der Waals surface area contributed by atoms with Crippen LogP contribution in [0.3, 0.4) is 0 Å². The Kier molecular flexibility index (Phi) is 5.61. The number of methoxy groups -OCH3 is 1. The Balaban J connectivity index is 1.10. The van der Waals surface area contributed by atoms with Gasteiger partial charge in [0, 0.05) is 54.8 Å². The van der Waals surface area contributed by atoms with Crippen molar-refractivity contribution in [3.63, 3.8) is 0 Å². The number of ether oxygens (including phenoxy) is 1. The molecule has 4 aromatic rings. The van der Waals surface area contributed by atoms with E-state index in [1.807, 2.05) is 30.5 Å². The molecule has 1 saturated carbocycles. The van der Waals surface area contributed by atoms with Gasteiger partial charge in [-0.3, -0.25) is 9.88 Å². The van der Waals surface area contributed by atoms with Gasteiger partial charge in [-0.2, -0.15) is 0 Å². The van der Waals surface area contributed by atoms with Gasteiger partial charge in [-0.1, -0.05) is 12.1 Å². The van der Waals surface area contributed by atoms with Crippen LogP contribution in [-0.2, 0) is 0 Å². The molecule has 0 radical (unpaired) electrons. The Hall–Kier alpha value is -3.12. The molecule has 1 aliphatic carbocycles. The highest BCUT2D eigenvalue weighted by atomic mass is 19.1. The predicted molar refractivity (Wildman–Crippen MR) is 133 cm³/mol. The molecule has 0 bridgehead atoms. The Morgan fingerprint density at radius 3 is 2.53 bits per heavy atom. The SMILES string of the molecule is COc1cccc2c(C3CCC(N4CCN(c5ccc(F)c6cccnc56)CC4)CC3)coc12. The van der Waals surface area contributed by atoms with Crippen molar-refractivity contribution in [1.29, 1.82) is 0 Å². The summed E-state index contributed by atoms with van der Waals surface area (Å²) in [6.45, 7) is 3.96. The summed E-state index contributed by atoms with van der Waals surface area (Å²) in [6.07, 6.45) is 8.48. The zero-order valence-electron chi connectivity index (χ0n) is 19.5. The summed E-state index contributed by atoms with van der Waals surface area (Å²) in [5.74, 6) is 1.15. The van der Waals surface area contributed by atoms with Crippen LogP contribution >= 0.6 is 0 Å². The Morgan fingerprint density at radius 1 is 0.941 bits per heavy atom. The number of rotatable bonds is 4. The van der Waals surface area contributed by atoms with Crippen LogP contribution in [-0.4, -0.2) is 49.2 Å². The van der Waals surface area contributed by atoms with Crippen LogP contribution in [0.1, 0.15) is 37.2 Å². The molecule has 0 unspecified atom stereocenters. The summed E-state index contributed by atoms with van der Waals surface area (Å²) < 4.78 is 25.6. The lowest BCUT2D eigenvalue weighted by Crippen LogP contribution is -2.51. The highest BCUT2D eigenvalue weighted by Gasteiger charge is 2.31. The maximum atomic E-state index is 14.2. The molecule has 176 valence electrons. The molecule has 2 aromatic heterocycles. The number of fused-ring (bicyclic) bond motifs is 2. The smallest absolute Gasteiger partial charge is 0.175 e. The van der Waals surface area contributed by atoms with Crippen molar-refractivity contribution in [2.75, 3.05) is 38.2 Å². The zero-order chi connectivity index (χ0) is 23.1. The Morgan fingerprint density at radius 2 is 1.74 bits per heavy atom. The molecule has 3 heterocycles. The molecule has 6 rings (SSSR count). The number of hydrogen-bond donors (Lipinski definition) is 0. The molecule has 1 saturated heterocycles. The summed E-state index contributed by atoms with van der Waals surface area (Å²) >= 11 is 0. The van der Waals surface area contributed by atoms with E-state index in [2.05, 4.69) is 20.9 Å². The van der Waals surface area contributed by atoms with E-state index in [0.29, 0.717) is 17.3 Å². The zero-order valence-corrected chi connectivity index (χ0v) is 19.5. The lowest BCUT2D eigenvalue weighted by Gasteiger charge is -2.42. The summed E-state index contributed by atoms with van der Waals surface area (Å²) in [4.78, 5) is 9.50. The molecule has 1 aliphatic heterocycles. The fourth-order valence-electron chi connectivity index (χ4n) is 5.99. The van der Waals surface area contributed by atoms with Crippen LogP contribution in [0.2, 0.25) is 0 Å². The van der Waals surface area contributed by atoms with Crippen LogP contribution in [0.15, 0.2) is 59.3 Å². The summed E-state index contributed by atoms with van der Waals surface area (Å²) in [5, 5.41) is 1.79. The highest BCUT2D eigenvalue weighted by Crippen LogP contribution is 2.41. The first-order chi connectivity index (χ1) is 16.7. The molecular weight excluding hydrogens is 429 g/mol. The quantitative estimate of drug-likeness (QED) is 0.376. The number of aromatic nitrogens is 1. The molecule has 2 fully saturated rings. The predicted octanol–water partition coefficient (Wildman–Crippen LogP) is 5.98. The average molecular weight is 460 g/mol. The number of pyridine rings is 1. The fraction of sp³-hybridized carbons (Fsp3) is 0.393. The van der Waals surface area contributed by atoms with E-state index >= 15 is 0 Å². The normalized spacial score (nSPS) is 21.9. The number of piperazine rings is 1. The average Bonchev–Trinajstić information content (AvgIpc) is 3.34. The summed E-state index contributed by atoms with van der Waals surface area (Å²) in [5.41, 5.74) is 4.00. The van der Waals surface area contributed by atoms with Gasteiger partial charge in [0.05, 0.1) is 24.6 Å². The molecule has 0 atom stereocenters. The van der Waals surface area contributed by atoms with Gasteiger partial charge in [0.15, 0.2) is 11.3 Å². The lowest BCUT2D eigenvalue weighted by atomic mass is 9.81. The number of halogens is 1. The van der Waals surface area contributed by atoms with Crippen LogP contribution in [0.4, 0.5) is 10.1 Å². The van der Waals surface area contributed by atoms with Crippen LogP contribution in [0, 0.1) is 5.82 Å². The highest BCUT2D eigenvalue weighted by molar-refractivity contribution is 5.91. The third-order valence-corrected chi connectivity index (χ3v) is 7.82. The van der Waals surface area contributed by atoms with Gasteiger partial charge in [-0.25, -0.2) is 4.39 Å². The van der Waals surface area contributed by atoms with Crippen molar-refractivity contribution < 1.29 is 13.5 Å². The van der Waals surface area contributed by atoms with Gasteiger partial charge >= 0.3 is 0 Å². The standard InChI is InChI=1S/C28H30FN3O2/c1-33-26-6-2-4-21-23(18-34-28(21)26)19-7-9-20(10-8-19)31-14-16-32(17-15-31)25-12-11-24(29)22-5-3-13-30-27(22)25/h2-6,11-13,18-20H,7-10,14-17H2,1H3. The molecule has 0 amide bonds. The number of benzene rings is 2. The second-order valence-corrected chi connectivity index (χ2v) is 9.52. The van der Waals surface area contributed by atoms with E-state index in [9.17, 15) is 4.39 Å². The van der Waals surface area contributed by atoms with Crippen LogP contribution < -0.4 is 9.64 Å². The first-order valence-electron chi connectivity index (χ1n) is 12.3. The fourth-order valence-corrected chi connectivity index (χ4v) is 5.99. The summed E-state index contributed by atoms with van der Waals surface area (Å²) in [6, 6.07) is 13.9. The third-order valence-electron chi connectivity index (χ3n) is 7.82. The maximum absolute atomic E-state index is 14.2. The van der Waals surface area contributed by atoms with Crippen molar-refractivity contribution in [3.8, 4) is 5.75 Å². The van der Waals surface area contributed by atoms with Gasteiger partial charge < -0.3 is 14.1 Å². The van der Waals surface area contributed by atoms with E-state index in [4.69, 9.17) is 9.15 Å². The van der Waals surface area contributed by atoms with Crippen LogP contribution in [0.5, 0.6) is 5.75 Å². The van der Waals surface area contributed by atoms with Gasteiger partial charge in [0.25, 0.3) is 0 Å². The van der Waals surface area contributed by atoms with Crippen molar-refractivity contribution in [2.24, 2.45) is 0 Å². The number of hydrogen-bond acceptors (Lipinski definition) is 5. The van der Waals surface area contributed by atoms with E-state index < -0.39 is 0 Å². The molecule has 2 aliphatic rings. The van der Waals surface area contributed by atoms with E-state index in [0.717, 1.165) is 48.7 Å². The first kappa shape index (κ1) is 21.4. The third kappa shape index (κ3) is 3.70. The lowest BCUT2D eigenvalue weighted by molar-refractivity contribution is 0.141. The van der Waals surface area contributed by atoms with Crippen molar-refractivity contribution in [3.05, 3.63) is 66.3 Å². The minimum Gasteiger partial charge on any atom is -0.493 e. The van der Waals surface area contributed by atoms with E-state index in [1.165, 1.54) is 36.6 Å². The molecule has 5 nitrogen and oxygen atoms in total. The van der Waals surface area contributed by atoms with Gasteiger partial charge in [0.1, 0.15) is 5.82 Å². The Bertz CT molecular complexity index is 1300. The van der Waals surface area contributed by atoms with Gasteiger partial charge in [-0.05, 0) is 61.9 Å². The molecular formula is C28H30FN3O2. The first-order valence-corrected chi connectivity index (χ1v) is 12.3. The van der Waals surface area contributed by atoms with Crippen molar-refractivity contribution in [1.82, 2.24) is 9.88 Å². The minimum absolute atomic E-state index is 0.203. The second-order valence-electron chi connectivity index (χ2n) is 9.52. The number of nitrogens with zero attached hydrogens (tertiary/aromatic N) is 3. The summed E-state index contributed by atoms with van der Waals surface area (Å²) in [7, 11) is 1.69. The molecule has 0 spiro atoms. The maximum Gasteiger partial charge on any atom is 0.175 e.